The third-order valence-corrected chi connectivity index (χ3v) is 22.6. The lowest BCUT2D eigenvalue weighted by atomic mass is 9.30. The highest BCUT2D eigenvalue weighted by atomic mass is 16.5. The van der Waals surface area contributed by atoms with E-state index in [0.717, 1.165) is 39.9 Å². The molecule has 16 aromatic rings. The quantitative estimate of drug-likeness (QED) is 0.130. The average molecular weight is 1240 g/mol. The van der Waals surface area contributed by atoms with Crippen molar-refractivity contribution in [3.05, 3.63) is 308 Å². The highest BCUT2D eigenvalue weighted by Crippen LogP contribution is 2.54. The van der Waals surface area contributed by atoms with Gasteiger partial charge in [0.2, 0.25) is 0 Å². The van der Waals surface area contributed by atoms with Crippen LogP contribution in [0.5, 0.6) is 11.5 Å². The fourth-order valence-corrected chi connectivity index (χ4v) is 17.9. The van der Waals surface area contributed by atoms with Crippen LogP contribution in [0, 0.1) is 0 Å². The Morgan fingerprint density at radius 1 is 0.299 bits per heavy atom. The fraction of sp³-hybridized carbons (Fsp3) is 0.0769. The standard InChI is InChI=1S/C91H63B2N3O/c1-90(2,3)57-46-82-87-83(47-57)95(60-43-45-72-68-29-12-10-25-64(68)66-27-14-16-31-70(66)74(72)51-60)81-53-85-78(52-77(81)92(87)75-34-17-19-36-79(75)94(82)59-42-44-71-67-28-11-9-24-63(67)65-26-13-15-30-69(65)73(71)50-59)93-76-35-18-20-37-80(76)96-84-48-58(49-86(97-85)88(84)93)91(4,5)56-40-38-55(39-41-56)62-33-21-32-61(89(62)96)54-22-7-6-8-23-54/h6-53H,1-5H3. The van der Waals surface area contributed by atoms with Crippen molar-refractivity contribution in [1.82, 2.24) is 0 Å². The van der Waals surface area contributed by atoms with Gasteiger partial charge in [-0.25, -0.2) is 0 Å². The van der Waals surface area contributed by atoms with Crippen LogP contribution in [0.25, 0.3) is 86.9 Å². The zero-order chi connectivity index (χ0) is 64.3. The van der Waals surface area contributed by atoms with Crippen LogP contribution in [-0.2, 0) is 10.8 Å². The van der Waals surface area contributed by atoms with E-state index in [-0.39, 0.29) is 24.3 Å². The maximum Gasteiger partial charge on any atom is 0.256 e. The Bertz CT molecular complexity index is 6100. The summed E-state index contributed by atoms with van der Waals surface area (Å²) in [6, 6.07) is 111. The molecule has 0 unspecified atom stereocenters. The van der Waals surface area contributed by atoms with Crippen LogP contribution in [0.1, 0.15) is 51.3 Å². The molecular weight excluding hydrogens is 1170 g/mol. The normalized spacial score (nSPS) is 14.3. The van der Waals surface area contributed by atoms with E-state index in [9.17, 15) is 0 Å². The first-order valence-corrected chi connectivity index (χ1v) is 34.3. The lowest BCUT2D eigenvalue weighted by Crippen LogP contribution is -2.64. The Morgan fingerprint density at radius 3 is 1.28 bits per heavy atom. The largest absolute Gasteiger partial charge is 0.458 e. The van der Waals surface area contributed by atoms with E-state index in [0.29, 0.717) is 0 Å². The molecular formula is C91H63B2N3O. The van der Waals surface area contributed by atoms with Gasteiger partial charge in [0, 0.05) is 68.1 Å². The number of rotatable bonds is 3. The lowest BCUT2D eigenvalue weighted by Gasteiger charge is -2.46. The van der Waals surface area contributed by atoms with Crippen LogP contribution in [0.3, 0.4) is 0 Å². The molecule has 0 radical (unpaired) electrons. The fourth-order valence-electron chi connectivity index (χ4n) is 17.9. The van der Waals surface area contributed by atoms with Gasteiger partial charge >= 0.3 is 0 Å². The van der Waals surface area contributed by atoms with Crippen molar-refractivity contribution in [3.8, 4) is 33.8 Å². The third kappa shape index (κ3) is 7.61. The number of para-hydroxylation sites is 3. The Labute approximate surface area is 565 Å². The molecule has 22 rings (SSSR count). The topological polar surface area (TPSA) is 19.0 Å². The van der Waals surface area contributed by atoms with Gasteiger partial charge < -0.3 is 19.4 Å². The molecule has 6 heterocycles. The number of hydrogen-bond donors (Lipinski definition) is 0. The van der Waals surface area contributed by atoms with Crippen LogP contribution in [0.2, 0.25) is 0 Å². The summed E-state index contributed by atoms with van der Waals surface area (Å²) in [7, 11) is 0. The predicted molar refractivity (Wildman–Crippen MR) is 413 cm³/mol. The molecule has 0 saturated carbocycles. The number of anilines is 9. The minimum Gasteiger partial charge on any atom is -0.458 e. The number of nitrogens with zero attached hydrogens (tertiary/aromatic N) is 3. The highest BCUT2D eigenvalue weighted by molar-refractivity contribution is 7.02. The molecule has 454 valence electrons. The van der Waals surface area contributed by atoms with Crippen LogP contribution >= 0.6 is 0 Å². The van der Waals surface area contributed by atoms with E-state index < -0.39 is 0 Å². The first-order chi connectivity index (χ1) is 47.5. The second kappa shape index (κ2) is 19.8. The van der Waals surface area contributed by atoms with Gasteiger partial charge in [-0.1, -0.05) is 259 Å². The van der Waals surface area contributed by atoms with Crippen molar-refractivity contribution >= 4 is 162 Å². The molecule has 4 bridgehead atoms. The van der Waals surface area contributed by atoms with E-state index in [1.165, 1.54) is 159 Å². The van der Waals surface area contributed by atoms with E-state index in [1.54, 1.807) is 0 Å². The summed E-state index contributed by atoms with van der Waals surface area (Å²) >= 11 is 0. The summed E-state index contributed by atoms with van der Waals surface area (Å²) in [5.74, 6) is 1.77. The maximum absolute atomic E-state index is 7.90. The van der Waals surface area contributed by atoms with E-state index in [4.69, 9.17) is 4.74 Å². The monoisotopic (exact) mass is 1240 g/mol. The van der Waals surface area contributed by atoms with E-state index in [1.807, 2.05) is 0 Å². The molecule has 0 aromatic heterocycles. The molecule has 6 heteroatoms. The summed E-state index contributed by atoms with van der Waals surface area (Å²) in [5, 5.41) is 15.0. The second-order valence-corrected chi connectivity index (χ2v) is 29.0. The summed E-state index contributed by atoms with van der Waals surface area (Å²) in [5.41, 5.74) is 25.6. The Hall–Kier alpha value is -11.6. The van der Waals surface area contributed by atoms with Gasteiger partial charge in [-0.3, -0.25) is 0 Å². The Kier molecular flexibility index (Phi) is 11.2. The Morgan fingerprint density at radius 2 is 0.742 bits per heavy atom. The third-order valence-electron chi connectivity index (χ3n) is 22.6. The molecule has 6 aliphatic rings. The van der Waals surface area contributed by atoms with Gasteiger partial charge in [0.15, 0.2) is 0 Å². The van der Waals surface area contributed by atoms with Crippen molar-refractivity contribution in [2.45, 2.75) is 45.4 Å². The van der Waals surface area contributed by atoms with Crippen LogP contribution in [-0.4, -0.2) is 13.4 Å². The molecule has 0 amide bonds. The van der Waals surface area contributed by atoms with Crippen molar-refractivity contribution in [3.63, 3.8) is 0 Å². The van der Waals surface area contributed by atoms with Crippen molar-refractivity contribution < 1.29 is 4.74 Å². The zero-order valence-electron chi connectivity index (χ0n) is 54.6. The molecule has 0 spiro atoms. The zero-order valence-corrected chi connectivity index (χ0v) is 54.6. The lowest BCUT2D eigenvalue weighted by molar-refractivity contribution is 0.485. The molecule has 0 atom stereocenters. The number of benzene rings is 16. The van der Waals surface area contributed by atoms with Crippen molar-refractivity contribution in [2.75, 3.05) is 14.7 Å². The maximum atomic E-state index is 7.90. The minimum absolute atomic E-state index is 0.163. The summed E-state index contributed by atoms with van der Waals surface area (Å²) < 4.78 is 7.90. The number of hydrogen-bond acceptors (Lipinski definition) is 4. The summed E-state index contributed by atoms with van der Waals surface area (Å²) in [6.45, 7) is 11.5. The van der Waals surface area contributed by atoms with Gasteiger partial charge in [-0.15, -0.1) is 0 Å². The first kappa shape index (κ1) is 54.8. The van der Waals surface area contributed by atoms with Crippen molar-refractivity contribution in [2.24, 2.45) is 0 Å². The van der Waals surface area contributed by atoms with Gasteiger partial charge in [0.25, 0.3) is 13.4 Å². The minimum atomic E-state index is -0.383. The first-order valence-electron chi connectivity index (χ1n) is 34.3. The second-order valence-electron chi connectivity index (χ2n) is 29.0. The number of ether oxygens (including phenoxy) is 1. The molecule has 0 saturated heterocycles. The molecule has 16 aromatic carbocycles. The highest BCUT2D eigenvalue weighted by Gasteiger charge is 2.49. The van der Waals surface area contributed by atoms with E-state index in [2.05, 4.69) is 341 Å². The van der Waals surface area contributed by atoms with Gasteiger partial charge in [-0.05, 0) is 191 Å². The molecule has 6 aliphatic heterocycles. The predicted octanol–water partition coefficient (Wildman–Crippen LogP) is 20.4. The van der Waals surface area contributed by atoms with Gasteiger partial charge in [-0.2, -0.15) is 0 Å². The molecule has 4 nitrogen and oxygen atoms in total. The summed E-state index contributed by atoms with van der Waals surface area (Å²) in [6.07, 6.45) is 0. The molecule has 0 aliphatic carbocycles. The Balaban J connectivity index is 0.859. The van der Waals surface area contributed by atoms with Crippen LogP contribution in [0.4, 0.5) is 51.2 Å². The molecule has 0 N–H and O–H groups in total. The molecule has 0 fully saturated rings. The van der Waals surface area contributed by atoms with E-state index >= 15 is 0 Å². The summed E-state index contributed by atoms with van der Waals surface area (Å²) in [4.78, 5) is 7.82. The average Bonchev–Trinajstić information content (AvgIpc) is 0.743. The van der Waals surface area contributed by atoms with Gasteiger partial charge in [0.1, 0.15) is 11.5 Å². The van der Waals surface area contributed by atoms with Crippen LogP contribution in [0.15, 0.2) is 291 Å². The van der Waals surface area contributed by atoms with Crippen LogP contribution < -0.4 is 52.2 Å². The number of fused-ring (bicyclic) bond motifs is 22. The smallest absolute Gasteiger partial charge is 0.256 e. The van der Waals surface area contributed by atoms with Gasteiger partial charge in [0.05, 0.1) is 5.69 Å². The molecule has 97 heavy (non-hydrogen) atoms. The van der Waals surface area contributed by atoms with Crippen molar-refractivity contribution in [1.29, 1.82) is 0 Å². The SMILES string of the molecule is CC(C)(C)c1cc2c3c(c1)N(c1ccc4c5ccccc5c5ccccc5c4c1)c1cc4c(cc1B3c1ccccc1N2c1ccc2c3ccccc3c3ccccc3c2c1)B1c2ccccc2N2c3cc(cc(c31)O4)C(C)(C)c1ccc(cc1)-c1cccc(-c3ccccc3)c12.